The van der Waals surface area contributed by atoms with E-state index in [1.165, 1.54) is 17.8 Å². The third-order valence-corrected chi connectivity index (χ3v) is 7.37. The summed E-state index contributed by atoms with van der Waals surface area (Å²) in [5.74, 6) is -1.13. The van der Waals surface area contributed by atoms with Crippen molar-refractivity contribution in [2.45, 2.75) is 38.0 Å². The zero-order valence-electron chi connectivity index (χ0n) is 19.9. The van der Waals surface area contributed by atoms with Gasteiger partial charge in [0.2, 0.25) is 5.91 Å². The van der Waals surface area contributed by atoms with Crippen molar-refractivity contribution >= 4 is 40.1 Å². The number of nitrogens with zero attached hydrogens (tertiary/aromatic N) is 3. The second-order valence-electron chi connectivity index (χ2n) is 8.94. The maximum atomic E-state index is 13.8. The summed E-state index contributed by atoms with van der Waals surface area (Å²) in [5.41, 5.74) is 5.03. The fourth-order valence-corrected chi connectivity index (χ4v) is 5.26. The second-order valence-corrected chi connectivity index (χ2v) is 10.1. The summed E-state index contributed by atoms with van der Waals surface area (Å²) in [6, 6.07) is 22.6. The number of hydrogen-bond donors (Lipinski definition) is 1. The minimum Gasteiger partial charge on any atom is -0.326 e. The van der Waals surface area contributed by atoms with Crippen molar-refractivity contribution in [3.05, 3.63) is 101 Å². The molecule has 6 nitrogen and oxygen atoms in total. The highest BCUT2D eigenvalue weighted by Crippen LogP contribution is 2.38. The van der Waals surface area contributed by atoms with Gasteiger partial charge in [0.15, 0.2) is 5.17 Å². The van der Waals surface area contributed by atoms with Crippen molar-refractivity contribution in [1.29, 1.82) is 0 Å². The smallest absolute Gasteiger partial charge is 0.262 e. The van der Waals surface area contributed by atoms with Crippen LogP contribution in [0.15, 0.2) is 82.9 Å². The van der Waals surface area contributed by atoms with Gasteiger partial charge in [-0.25, -0.2) is 9.40 Å². The van der Waals surface area contributed by atoms with Gasteiger partial charge in [0.25, 0.3) is 5.91 Å². The normalized spacial score (nSPS) is 19.3. The van der Waals surface area contributed by atoms with Crippen LogP contribution in [0.25, 0.3) is 0 Å². The lowest BCUT2D eigenvalue weighted by Gasteiger charge is -2.23. The first-order valence-corrected chi connectivity index (χ1v) is 12.6. The largest absolute Gasteiger partial charge is 0.326 e. The molecule has 0 saturated carbocycles. The Balaban J connectivity index is 1.33. The molecule has 0 saturated heterocycles. The molecule has 182 valence electrons. The fraction of sp³-hybridized carbons (Fsp3) is 0.214. The number of carbonyl (C=O) groups excluding carboxylic acids is 2. The van der Waals surface area contributed by atoms with E-state index >= 15 is 0 Å². The Labute approximate surface area is 213 Å². The molecule has 36 heavy (non-hydrogen) atoms. The molecule has 3 aromatic carbocycles. The molecule has 2 heterocycles. The molecule has 0 fully saturated rings. The number of carbonyl (C=O) groups is 2. The molecule has 0 bridgehead atoms. The number of benzene rings is 3. The lowest BCUT2D eigenvalue weighted by molar-refractivity contribution is -0.121. The predicted molar refractivity (Wildman–Crippen MR) is 142 cm³/mol. The SMILES string of the molecule is Cc1ccc([C@H]2CC(c3ccccc3)=NN2C2=NC(=O)[C@@H](CC(=O)Nc3ccc(C)c(F)c3)S2)cc1. The van der Waals surface area contributed by atoms with Crippen molar-refractivity contribution in [3.8, 4) is 0 Å². The summed E-state index contributed by atoms with van der Waals surface area (Å²) in [6.45, 7) is 3.69. The summed E-state index contributed by atoms with van der Waals surface area (Å²) >= 11 is 1.24. The van der Waals surface area contributed by atoms with Gasteiger partial charge in [0.05, 0.1) is 11.8 Å². The van der Waals surface area contributed by atoms with Gasteiger partial charge >= 0.3 is 0 Å². The van der Waals surface area contributed by atoms with Crippen molar-refractivity contribution in [3.63, 3.8) is 0 Å². The number of rotatable bonds is 5. The molecule has 5 rings (SSSR count). The number of halogens is 1. The van der Waals surface area contributed by atoms with Gasteiger partial charge in [-0.2, -0.15) is 10.1 Å². The van der Waals surface area contributed by atoms with Crippen molar-refractivity contribution in [2.75, 3.05) is 5.32 Å². The van der Waals surface area contributed by atoms with Crippen LogP contribution in [-0.4, -0.2) is 33.0 Å². The number of nitrogens with one attached hydrogen (secondary N) is 1. The Hall–Kier alpha value is -3.78. The fourth-order valence-electron chi connectivity index (χ4n) is 4.20. The average Bonchev–Trinajstić information content (AvgIpc) is 3.46. The third-order valence-electron chi connectivity index (χ3n) is 6.23. The summed E-state index contributed by atoms with van der Waals surface area (Å²) in [4.78, 5) is 29.6. The van der Waals surface area contributed by atoms with Crippen LogP contribution in [0.4, 0.5) is 10.1 Å². The Bertz CT molecular complexity index is 1370. The van der Waals surface area contributed by atoms with Gasteiger partial charge in [-0.05, 0) is 42.7 Å². The van der Waals surface area contributed by atoms with Gasteiger partial charge in [-0.15, -0.1) is 0 Å². The minimum absolute atomic E-state index is 0.0652. The number of amides is 2. The van der Waals surface area contributed by atoms with E-state index in [9.17, 15) is 14.0 Å². The Morgan fingerprint density at radius 1 is 1.08 bits per heavy atom. The van der Waals surface area contributed by atoms with E-state index in [-0.39, 0.29) is 24.3 Å². The Morgan fingerprint density at radius 3 is 2.56 bits per heavy atom. The molecule has 2 atom stereocenters. The van der Waals surface area contributed by atoms with E-state index in [0.29, 0.717) is 22.8 Å². The summed E-state index contributed by atoms with van der Waals surface area (Å²) < 4.78 is 13.8. The van der Waals surface area contributed by atoms with Gasteiger partial charge in [-0.3, -0.25) is 9.59 Å². The monoisotopic (exact) mass is 500 g/mol. The van der Waals surface area contributed by atoms with Gasteiger partial charge < -0.3 is 5.32 Å². The molecule has 0 radical (unpaired) electrons. The van der Waals surface area contributed by atoms with Crippen LogP contribution in [0.3, 0.4) is 0 Å². The molecule has 2 amide bonds. The first kappa shape index (κ1) is 23.9. The lowest BCUT2D eigenvalue weighted by Crippen LogP contribution is -2.25. The van der Waals surface area contributed by atoms with E-state index in [2.05, 4.69) is 34.6 Å². The average molecular weight is 501 g/mol. The third kappa shape index (κ3) is 5.09. The topological polar surface area (TPSA) is 74.1 Å². The number of hydrogen-bond acceptors (Lipinski definition) is 5. The van der Waals surface area contributed by atoms with Crippen molar-refractivity contribution in [2.24, 2.45) is 10.1 Å². The summed E-state index contributed by atoms with van der Waals surface area (Å²) in [5, 5.41) is 9.16. The molecule has 0 spiro atoms. The Morgan fingerprint density at radius 2 is 1.83 bits per heavy atom. The minimum atomic E-state index is -0.662. The maximum absolute atomic E-state index is 13.8. The Kier molecular flexibility index (Phi) is 6.69. The number of thioether (sulfide) groups is 1. The summed E-state index contributed by atoms with van der Waals surface area (Å²) in [6.07, 6.45) is 0.606. The number of amidine groups is 1. The van der Waals surface area contributed by atoms with Gasteiger partial charge in [0, 0.05) is 18.5 Å². The zero-order chi connectivity index (χ0) is 25.2. The highest BCUT2D eigenvalue weighted by Gasteiger charge is 2.39. The number of hydrazone groups is 1. The molecule has 2 aliphatic heterocycles. The van der Waals surface area contributed by atoms with Crippen LogP contribution < -0.4 is 5.32 Å². The van der Waals surface area contributed by atoms with Crippen LogP contribution in [-0.2, 0) is 9.59 Å². The molecule has 2 aliphatic rings. The molecule has 3 aromatic rings. The number of aliphatic imine (C=N–C) groups is 1. The first-order chi connectivity index (χ1) is 17.4. The van der Waals surface area contributed by atoms with E-state index in [1.54, 1.807) is 19.1 Å². The zero-order valence-corrected chi connectivity index (χ0v) is 20.8. The lowest BCUT2D eigenvalue weighted by atomic mass is 9.98. The van der Waals surface area contributed by atoms with Crippen LogP contribution in [0.1, 0.15) is 41.1 Å². The molecule has 1 N–H and O–H groups in total. The molecule has 0 aliphatic carbocycles. The van der Waals surface area contributed by atoms with Crippen LogP contribution in [0, 0.1) is 19.7 Å². The van der Waals surface area contributed by atoms with Gasteiger partial charge in [0.1, 0.15) is 11.1 Å². The van der Waals surface area contributed by atoms with Crippen LogP contribution in [0.5, 0.6) is 0 Å². The number of aryl methyl sites for hydroxylation is 2. The standard InChI is InChI=1S/C28H25FN4O2S/c1-17-8-11-20(12-9-17)24-15-23(19-6-4-3-5-7-19)32-33(24)28-31-27(35)25(36-28)16-26(34)30-21-13-10-18(2)22(29)14-21/h3-14,24-25H,15-16H2,1-2H3,(H,30,34)/t24-,25-/m1/s1. The van der Waals surface area contributed by atoms with Gasteiger partial charge in [-0.1, -0.05) is 78.0 Å². The highest BCUT2D eigenvalue weighted by molar-refractivity contribution is 8.15. The molecular formula is C28H25FN4O2S. The van der Waals surface area contributed by atoms with E-state index in [0.717, 1.165) is 22.4 Å². The van der Waals surface area contributed by atoms with E-state index in [1.807, 2.05) is 42.3 Å². The maximum Gasteiger partial charge on any atom is 0.262 e. The highest BCUT2D eigenvalue weighted by atomic mass is 32.2. The van der Waals surface area contributed by atoms with Crippen LogP contribution in [0.2, 0.25) is 0 Å². The quantitative estimate of drug-likeness (QED) is 0.493. The first-order valence-electron chi connectivity index (χ1n) is 11.7. The number of anilines is 1. The molecule has 8 heteroatoms. The predicted octanol–water partition coefficient (Wildman–Crippen LogP) is 5.62. The molecular weight excluding hydrogens is 475 g/mol. The van der Waals surface area contributed by atoms with Crippen LogP contribution >= 0.6 is 11.8 Å². The van der Waals surface area contributed by atoms with E-state index < -0.39 is 11.1 Å². The van der Waals surface area contributed by atoms with E-state index in [4.69, 9.17) is 5.10 Å². The molecule has 0 aromatic heterocycles. The molecule has 0 unspecified atom stereocenters. The summed E-state index contributed by atoms with van der Waals surface area (Å²) in [7, 11) is 0. The van der Waals surface area contributed by atoms with Crippen molar-refractivity contribution in [1.82, 2.24) is 5.01 Å². The van der Waals surface area contributed by atoms with Crippen molar-refractivity contribution < 1.29 is 14.0 Å². The second kappa shape index (κ2) is 10.1.